The Morgan fingerprint density at radius 1 is 1.40 bits per heavy atom. The molecule has 0 fully saturated rings. The van der Waals surface area contributed by atoms with Crippen LogP contribution in [0.2, 0.25) is 0 Å². The maximum absolute atomic E-state index is 12.3. The van der Waals surface area contributed by atoms with Crippen LogP contribution >= 0.6 is 11.3 Å². The first-order valence-corrected chi connectivity index (χ1v) is 7.75. The molecule has 5 nitrogen and oxygen atoms in total. The molecule has 0 saturated carbocycles. The van der Waals surface area contributed by atoms with E-state index in [1.807, 2.05) is 6.92 Å². The van der Waals surface area contributed by atoms with Gasteiger partial charge in [0.15, 0.2) is 5.13 Å². The predicted octanol–water partition coefficient (Wildman–Crippen LogP) is 3.13. The number of thiazole rings is 1. The van der Waals surface area contributed by atoms with Gasteiger partial charge in [-0.1, -0.05) is 12.1 Å². The maximum atomic E-state index is 12.3. The van der Waals surface area contributed by atoms with Crippen LogP contribution in [0.5, 0.6) is 0 Å². The lowest BCUT2D eigenvalue weighted by atomic mass is 10.0. The number of hydrogen-bond acceptors (Lipinski definition) is 5. The molecule has 3 rings (SSSR count). The lowest BCUT2D eigenvalue weighted by molar-refractivity contribution is 0.102. The molecule has 1 aliphatic carbocycles. The molecule has 6 heteroatoms. The van der Waals surface area contributed by atoms with Crippen molar-refractivity contribution in [2.75, 3.05) is 5.32 Å². The highest BCUT2D eigenvalue weighted by atomic mass is 32.1. The van der Waals surface area contributed by atoms with Crippen molar-refractivity contribution in [3.8, 4) is 0 Å². The third-order valence-corrected chi connectivity index (χ3v) is 4.63. The Morgan fingerprint density at radius 2 is 2.20 bits per heavy atom. The number of nitrogens with one attached hydrogen (secondary N) is 1. The van der Waals surface area contributed by atoms with Gasteiger partial charge in [-0.25, -0.2) is 4.98 Å². The van der Waals surface area contributed by atoms with Crippen molar-refractivity contribution in [1.29, 1.82) is 0 Å². The van der Waals surface area contributed by atoms with Crippen LogP contribution < -0.4 is 5.32 Å². The summed E-state index contributed by atoms with van der Waals surface area (Å²) in [6.07, 6.45) is 5.18. The predicted molar refractivity (Wildman–Crippen MR) is 77.3 cm³/mol. The van der Waals surface area contributed by atoms with Crippen LogP contribution in [0.3, 0.4) is 0 Å². The minimum Gasteiger partial charge on any atom is -0.361 e. The molecule has 1 amide bonds. The number of anilines is 1. The third kappa shape index (κ3) is 2.35. The monoisotopic (exact) mass is 291 g/mol. The molecular formula is C14H17N3O2S. The molecule has 20 heavy (non-hydrogen) atoms. The van der Waals surface area contributed by atoms with Crippen molar-refractivity contribution in [1.82, 2.24) is 10.1 Å². The second kappa shape index (κ2) is 5.36. The zero-order valence-electron chi connectivity index (χ0n) is 11.7. The van der Waals surface area contributed by atoms with E-state index in [1.165, 1.54) is 17.7 Å². The average molecular weight is 291 g/mol. The molecule has 0 aromatic carbocycles. The first-order chi connectivity index (χ1) is 9.69. The van der Waals surface area contributed by atoms with Gasteiger partial charge < -0.3 is 4.52 Å². The van der Waals surface area contributed by atoms with E-state index in [-0.39, 0.29) is 5.91 Å². The van der Waals surface area contributed by atoms with Crippen molar-refractivity contribution in [2.24, 2.45) is 0 Å². The SMILES string of the molecule is CCc1noc(C)c1C(=O)Nc1nc2c(s1)CCCC2. The Hall–Kier alpha value is -1.69. The number of rotatable bonds is 3. The Bertz CT molecular complexity index is 621. The van der Waals surface area contributed by atoms with Crippen molar-refractivity contribution in [2.45, 2.75) is 46.0 Å². The number of fused-ring (bicyclic) bond motifs is 1. The number of carbonyl (C=O) groups excluding carboxylic acids is 1. The molecule has 106 valence electrons. The Kier molecular flexibility index (Phi) is 3.56. The van der Waals surface area contributed by atoms with E-state index in [0.717, 1.165) is 18.5 Å². The molecule has 0 atom stereocenters. The highest BCUT2D eigenvalue weighted by Crippen LogP contribution is 2.30. The van der Waals surface area contributed by atoms with Crippen LogP contribution in [0.25, 0.3) is 0 Å². The number of carbonyl (C=O) groups is 1. The average Bonchev–Trinajstić information content (AvgIpc) is 3.00. The van der Waals surface area contributed by atoms with Gasteiger partial charge in [-0.3, -0.25) is 10.1 Å². The van der Waals surface area contributed by atoms with E-state index in [2.05, 4.69) is 15.5 Å². The zero-order chi connectivity index (χ0) is 14.1. The van der Waals surface area contributed by atoms with E-state index in [0.29, 0.717) is 28.6 Å². The third-order valence-electron chi connectivity index (χ3n) is 3.56. The lowest BCUT2D eigenvalue weighted by Gasteiger charge is -2.06. The van der Waals surface area contributed by atoms with Gasteiger partial charge >= 0.3 is 0 Å². The molecule has 0 bridgehead atoms. The Morgan fingerprint density at radius 3 is 2.95 bits per heavy atom. The fourth-order valence-electron chi connectivity index (χ4n) is 2.52. The zero-order valence-corrected chi connectivity index (χ0v) is 12.5. The van der Waals surface area contributed by atoms with E-state index >= 15 is 0 Å². The van der Waals surface area contributed by atoms with Crippen molar-refractivity contribution in [3.05, 3.63) is 27.6 Å². The van der Waals surface area contributed by atoms with Gasteiger partial charge in [0.1, 0.15) is 11.3 Å². The summed E-state index contributed by atoms with van der Waals surface area (Å²) in [7, 11) is 0. The van der Waals surface area contributed by atoms with Gasteiger partial charge in [0, 0.05) is 4.88 Å². The fourth-order valence-corrected chi connectivity index (χ4v) is 3.56. The van der Waals surface area contributed by atoms with Crippen LogP contribution in [0, 0.1) is 6.92 Å². The normalized spacial score (nSPS) is 14.1. The van der Waals surface area contributed by atoms with Crippen molar-refractivity contribution in [3.63, 3.8) is 0 Å². The van der Waals surface area contributed by atoms with Gasteiger partial charge in [0.05, 0.1) is 11.4 Å². The highest BCUT2D eigenvalue weighted by Gasteiger charge is 2.21. The number of aromatic nitrogens is 2. The van der Waals surface area contributed by atoms with E-state index in [9.17, 15) is 4.79 Å². The van der Waals surface area contributed by atoms with Gasteiger partial charge in [-0.05, 0) is 39.0 Å². The largest absolute Gasteiger partial charge is 0.361 e. The summed E-state index contributed by atoms with van der Waals surface area (Å²) in [5, 5.41) is 7.48. The molecule has 2 aromatic rings. The highest BCUT2D eigenvalue weighted by molar-refractivity contribution is 7.15. The summed E-state index contributed by atoms with van der Waals surface area (Å²) in [4.78, 5) is 18.2. The topological polar surface area (TPSA) is 68.0 Å². The smallest absolute Gasteiger partial charge is 0.262 e. The summed E-state index contributed by atoms with van der Waals surface area (Å²) in [6, 6.07) is 0. The first-order valence-electron chi connectivity index (χ1n) is 6.94. The minimum atomic E-state index is -0.174. The van der Waals surface area contributed by atoms with Crippen molar-refractivity contribution >= 4 is 22.4 Å². The molecule has 0 unspecified atom stereocenters. The summed E-state index contributed by atoms with van der Waals surface area (Å²) < 4.78 is 5.10. The maximum Gasteiger partial charge on any atom is 0.262 e. The molecule has 1 N–H and O–H groups in total. The number of hydrogen-bond donors (Lipinski definition) is 1. The molecule has 0 aliphatic heterocycles. The summed E-state index contributed by atoms with van der Waals surface area (Å²) >= 11 is 1.59. The molecular weight excluding hydrogens is 274 g/mol. The summed E-state index contributed by atoms with van der Waals surface area (Å²) in [5.41, 5.74) is 2.39. The molecule has 2 aromatic heterocycles. The lowest BCUT2D eigenvalue weighted by Crippen LogP contribution is -2.14. The second-order valence-corrected chi connectivity index (χ2v) is 6.05. The van der Waals surface area contributed by atoms with Gasteiger partial charge in [0.2, 0.25) is 0 Å². The number of aryl methyl sites for hydroxylation is 4. The van der Waals surface area contributed by atoms with E-state index < -0.39 is 0 Å². The quantitative estimate of drug-likeness (QED) is 0.943. The molecule has 2 heterocycles. The Balaban J connectivity index is 1.82. The van der Waals surface area contributed by atoms with E-state index in [4.69, 9.17) is 4.52 Å². The summed E-state index contributed by atoms with van der Waals surface area (Å²) in [5.74, 6) is 0.382. The molecule has 1 aliphatic rings. The molecule has 0 radical (unpaired) electrons. The van der Waals surface area contributed by atoms with Crippen LogP contribution in [-0.4, -0.2) is 16.0 Å². The van der Waals surface area contributed by atoms with Crippen LogP contribution in [0.15, 0.2) is 4.52 Å². The first kappa shape index (κ1) is 13.3. The van der Waals surface area contributed by atoms with Crippen LogP contribution in [0.1, 0.15) is 52.1 Å². The van der Waals surface area contributed by atoms with Crippen LogP contribution in [-0.2, 0) is 19.3 Å². The minimum absolute atomic E-state index is 0.174. The second-order valence-electron chi connectivity index (χ2n) is 4.96. The molecule has 0 saturated heterocycles. The fraction of sp³-hybridized carbons (Fsp3) is 0.500. The van der Waals surface area contributed by atoms with E-state index in [1.54, 1.807) is 18.3 Å². The van der Waals surface area contributed by atoms with Gasteiger partial charge in [-0.2, -0.15) is 0 Å². The van der Waals surface area contributed by atoms with Gasteiger partial charge in [-0.15, -0.1) is 11.3 Å². The number of nitrogens with zero attached hydrogens (tertiary/aromatic N) is 2. The standard InChI is InChI=1S/C14H17N3O2S/c1-3-9-12(8(2)19-17-9)13(18)16-14-15-10-6-4-5-7-11(10)20-14/h3-7H2,1-2H3,(H,15,16,18). The van der Waals surface area contributed by atoms with Gasteiger partial charge in [0.25, 0.3) is 5.91 Å². The molecule has 0 spiro atoms. The number of amides is 1. The summed E-state index contributed by atoms with van der Waals surface area (Å²) in [6.45, 7) is 3.71. The van der Waals surface area contributed by atoms with Crippen molar-refractivity contribution < 1.29 is 9.32 Å². The van der Waals surface area contributed by atoms with Crippen LogP contribution in [0.4, 0.5) is 5.13 Å². The Labute approximate surface area is 121 Å².